The first-order valence-electron chi connectivity index (χ1n) is 7.50. The first kappa shape index (κ1) is 13.4. The summed E-state index contributed by atoms with van der Waals surface area (Å²) in [6.07, 6.45) is 2.47. The zero-order valence-electron chi connectivity index (χ0n) is 12.6. The van der Waals surface area contributed by atoms with Crippen LogP contribution in [0.25, 0.3) is 11.3 Å². The van der Waals surface area contributed by atoms with Gasteiger partial charge in [-0.1, -0.05) is 17.7 Å². The van der Waals surface area contributed by atoms with E-state index in [1.54, 1.807) is 0 Å². The second-order valence-corrected chi connectivity index (χ2v) is 5.96. The molecule has 20 heavy (non-hydrogen) atoms. The Balaban J connectivity index is 1.98. The molecule has 2 heterocycles. The van der Waals surface area contributed by atoms with E-state index < -0.39 is 0 Å². The second kappa shape index (κ2) is 5.41. The molecule has 1 saturated heterocycles. The Morgan fingerprint density at radius 3 is 2.80 bits per heavy atom. The normalized spacial score (nSPS) is 19.2. The van der Waals surface area contributed by atoms with E-state index in [0.29, 0.717) is 5.92 Å². The van der Waals surface area contributed by atoms with Gasteiger partial charge in [-0.15, -0.1) is 0 Å². The lowest BCUT2D eigenvalue weighted by Crippen LogP contribution is -2.28. The highest BCUT2D eigenvalue weighted by atomic mass is 15.0. The lowest BCUT2D eigenvalue weighted by Gasteiger charge is -2.20. The molecular formula is C17H23N3. The summed E-state index contributed by atoms with van der Waals surface area (Å²) in [5.41, 5.74) is 6.13. The standard InChI is InChI=1S/C17H23N3/c1-11-6-7-12(2)15(9-11)16-13(3)19-17(20-16)14-5-4-8-18-10-14/h6-7,9,14,18H,4-5,8,10H2,1-3H3,(H,19,20). The van der Waals surface area contributed by atoms with Crippen LogP contribution in [0.5, 0.6) is 0 Å². The van der Waals surface area contributed by atoms with Crippen molar-refractivity contribution < 1.29 is 0 Å². The van der Waals surface area contributed by atoms with Gasteiger partial charge in [-0.25, -0.2) is 4.98 Å². The minimum Gasteiger partial charge on any atom is -0.345 e. The summed E-state index contributed by atoms with van der Waals surface area (Å²) >= 11 is 0. The van der Waals surface area contributed by atoms with Crippen molar-refractivity contribution in [3.05, 3.63) is 40.8 Å². The summed E-state index contributed by atoms with van der Waals surface area (Å²) in [6.45, 7) is 8.60. The molecule has 3 rings (SSSR count). The number of aromatic nitrogens is 2. The van der Waals surface area contributed by atoms with Crippen molar-refractivity contribution in [2.45, 2.75) is 39.5 Å². The van der Waals surface area contributed by atoms with Gasteiger partial charge in [0.25, 0.3) is 0 Å². The van der Waals surface area contributed by atoms with Crippen molar-refractivity contribution in [1.29, 1.82) is 0 Å². The fraction of sp³-hybridized carbons (Fsp3) is 0.471. The molecule has 0 radical (unpaired) electrons. The van der Waals surface area contributed by atoms with Crippen LogP contribution in [0.2, 0.25) is 0 Å². The molecule has 106 valence electrons. The van der Waals surface area contributed by atoms with Gasteiger partial charge in [-0.2, -0.15) is 0 Å². The smallest absolute Gasteiger partial charge is 0.111 e. The second-order valence-electron chi connectivity index (χ2n) is 5.96. The molecule has 1 aromatic carbocycles. The van der Waals surface area contributed by atoms with Crippen molar-refractivity contribution in [2.24, 2.45) is 0 Å². The van der Waals surface area contributed by atoms with Gasteiger partial charge in [0.1, 0.15) is 5.82 Å². The van der Waals surface area contributed by atoms with E-state index in [0.717, 1.165) is 24.6 Å². The molecule has 3 heteroatoms. The Labute approximate surface area is 120 Å². The number of aromatic amines is 1. The van der Waals surface area contributed by atoms with Gasteiger partial charge < -0.3 is 10.3 Å². The molecule has 1 fully saturated rings. The number of rotatable bonds is 2. The van der Waals surface area contributed by atoms with Gasteiger partial charge in [-0.05, 0) is 51.8 Å². The largest absolute Gasteiger partial charge is 0.345 e. The zero-order chi connectivity index (χ0) is 14.1. The molecule has 0 aliphatic carbocycles. The number of imidazole rings is 1. The average Bonchev–Trinajstić information content (AvgIpc) is 2.84. The number of piperidine rings is 1. The zero-order valence-corrected chi connectivity index (χ0v) is 12.6. The average molecular weight is 269 g/mol. The number of H-pyrrole nitrogens is 1. The van der Waals surface area contributed by atoms with Crippen molar-refractivity contribution >= 4 is 0 Å². The Morgan fingerprint density at radius 2 is 2.05 bits per heavy atom. The molecule has 2 N–H and O–H groups in total. The van der Waals surface area contributed by atoms with E-state index in [2.05, 4.69) is 49.3 Å². The SMILES string of the molecule is Cc1ccc(C)c(-c2nc(C3CCCNC3)[nH]c2C)c1. The van der Waals surface area contributed by atoms with Crippen LogP contribution in [0.1, 0.15) is 41.4 Å². The molecule has 2 aromatic rings. The van der Waals surface area contributed by atoms with Crippen LogP contribution >= 0.6 is 0 Å². The highest BCUT2D eigenvalue weighted by Crippen LogP contribution is 2.29. The summed E-state index contributed by atoms with van der Waals surface area (Å²) in [4.78, 5) is 8.42. The number of aryl methyl sites for hydroxylation is 3. The molecule has 1 aliphatic rings. The first-order valence-corrected chi connectivity index (χ1v) is 7.50. The third-order valence-corrected chi connectivity index (χ3v) is 4.23. The number of nitrogens with one attached hydrogen (secondary N) is 2. The molecular weight excluding hydrogens is 246 g/mol. The maximum atomic E-state index is 4.91. The van der Waals surface area contributed by atoms with Crippen LogP contribution < -0.4 is 5.32 Å². The van der Waals surface area contributed by atoms with Crippen molar-refractivity contribution in [3.63, 3.8) is 0 Å². The third-order valence-electron chi connectivity index (χ3n) is 4.23. The lowest BCUT2D eigenvalue weighted by molar-refractivity contribution is 0.448. The van der Waals surface area contributed by atoms with Crippen LogP contribution in [0.15, 0.2) is 18.2 Å². The van der Waals surface area contributed by atoms with E-state index in [1.807, 2.05) is 0 Å². The van der Waals surface area contributed by atoms with Gasteiger partial charge in [0.05, 0.1) is 5.69 Å². The van der Waals surface area contributed by atoms with E-state index in [9.17, 15) is 0 Å². The lowest BCUT2D eigenvalue weighted by atomic mass is 9.99. The monoisotopic (exact) mass is 269 g/mol. The van der Waals surface area contributed by atoms with Crippen molar-refractivity contribution in [1.82, 2.24) is 15.3 Å². The molecule has 0 amide bonds. The number of benzene rings is 1. The van der Waals surface area contributed by atoms with Crippen molar-refractivity contribution in [3.8, 4) is 11.3 Å². The van der Waals surface area contributed by atoms with Gasteiger partial charge in [0.15, 0.2) is 0 Å². The predicted molar refractivity (Wildman–Crippen MR) is 83.1 cm³/mol. The van der Waals surface area contributed by atoms with Gasteiger partial charge in [-0.3, -0.25) is 0 Å². The fourth-order valence-corrected chi connectivity index (χ4v) is 3.02. The van der Waals surface area contributed by atoms with Gasteiger partial charge >= 0.3 is 0 Å². The number of nitrogens with zero attached hydrogens (tertiary/aromatic N) is 1. The van der Waals surface area contributed by atoms with Crippen LogP contribution in [0, 0.1) is 20.8 Å². The summed E-state index contributed by atoms with van der Waals surface area (Å²) in [7, 11) is 0. The van der Waals surface area contributed by atoms with E-state index in [1.165, 1.54) is 35.2 Å². The molecule has 0 saturated carbocycles. The Hall–Kier alpha value is -1.61. The Morgan fingerprint density at radius 1 is 1.20 bits per heavy atom. The van der Waals surface area contributed by atoms with E-state index >= 15 is 0 Å². The number of hydrogen-bond acceptors (Lipinski definition) is 2. The topological polar surface area (TPSA) is 40.7 Å². The first-order chi connectivity index (χ1) is 9.65. The maximum Gasteiger partial charge on any atom is 0.111 e. The predicted octanol–water partition coefficient (Wildman–Crippen LogP) is 3.47. The van der Waals surface area contributed by atoms with Crippen LogP contribution in [0.4, 0.5) is 0 Å². The fourth-order valence-electron chi connectivity index (χ4n) is 3.02. The Bertz CT molecular complexity index is 607. The summed E-state index contributed by atoms with van der Waals surface area (Å²) in [5, 5.41) is 3.46. The number of hydrogen-bond donors (Lipinski definition) is 2. The summed E-state index contributed by atoms with van der Waals surface area (Å²) in [5.74, 6) is 1.67. The van der Waals surface area contributed by atoms with E-state index in [4.69, 9.17) is 4.98 Å². The molecule has 3 nitrogen and oxygen atoms in total. The molecule has 1 atom stereocenters. The highest BCUT2D eigenvalue weighted by molar-refractivity contribution is 5.66. The Kier molecular flexibility index (Phi) is 3.62. The van der Waals surface area contributed by atoms with Crippen LogP contribution in [-0.2, 0) is 0 Å². The highest BCUT2D eigenvalue weighted by Gasteiger charge is 2.20. The molecule has 1 aromatic heterocycles. The molecule has 0 bridgehead atoms. The van der Waals surface area contributed by atoms with Gasteiger partial charge in [0, 0.05) is 23.7 Å². The van der Waals surface area contributed by atoms with Crippen LogP contribution in [-0.4, -0.2) is 23.1 Å². The van der Waals surface area contributed by atoms with Crippen LogP contribution in [0.3, 0.4) is 0 Å². The molecule has 1 aliphatic heterocycles. The maximum absolute atomic E-state index is 4.91. The molecule has 1 unspecified atom stereocenters. The van der Waals surface area contributed by atoms with E-state index in [-0.39, 0.29) is 0 Å². The minimum absolute atomic E-state index is 0.529. The summed E-state index contributed by atoms with van der Waals surface area (Å²) in [6, 6.07) is 6.58. The minimum atomic E-state index is 0.529. The quantitative estimate of drug-likeness (QED) is 0.876. The third kappa shape index (κ3) is 2.50. The molecule has 0 spiro atoms. The van der Waals surface area contributed by atoms with Crippen molar-refractivity contribution in [2.75, 3.05) is 13.1 Å². The van der Waals surface area contributed by atoms with Gasteiger partial charge in [0.2, 0.25) is 0 Å². The summed E-state index contributed by atoms with van der Waals surface area (Å²) < 4.78 is 0.